The van der Waals surface area contributed by atoms with E-state index in [4.69, 9.17) is 0 Å². The first-order valence-corrected chi connectivity index (χ1v) is 8.02. The number of aromatic amines is 1. The third-order valence-corrected chi connectivity index (χ3v) is 4.29. The van der Waals surface area contributed by atoms with E-state index in [2.05, 4.69) is 43.1 Å². The van der Waals surface area contributed by atoms with Gasteiger partial charge in [0.1, 0.15) is 0 Å². The molecular formula is C20H22N2O. The number of carbonyl (C=O) groups excluding carboxylic acids is 1. The molecule has 1 heterocycles. The maximum atomic E-state index is 12.9. The van der Waals surface area contributed by atoms with E-state index in [1.807, 2.05) is 36.2 Å². The number of hydrogen-bond acceptors (Lipinski definition) is 1. The van der Waals surface area contributed by atoms with Crippen molar-refractivity contribution in [3.63, 3.8) is 0 Å². The van der Waals surface area contributed by atoms with Gasteiger partial charge in [0.2, 0.25) is 5.91 Å². The molecule has 0 saturated carbocycles. The number of nitrogens with zero attached hydrogens (tertiary/aromatic N) is 1. The average molecular weight is 306 g/mol. The Labute approximate surface area is 136 Å². The molecular weight excluding hydrogens is 284 g/mol. The van der Waals surface area contributed by atoms with Crippen molar-refractivity contribution in [3.8, 4) is 0 Å². The van der Waals surface area contributed by atoms with Gasteiger partial charge >= 0.3 is 0 Å². The van der Waals surface area contributed by atoms with Crippen LogP contribution in [0.2, 0.25) is 0 Å². The van der Waals surface area contributed by atoms with E-state index in [0.717, 1.165) is 27.7 Å². The zero-order valence-electron chi connectivity index (χ0n) is 13.9. The van der Waals surface area contributed by atoms with Gasteiger partial charge in [-0.2, -0.15) is 0 Å². The molecule has 0 aliphatic carbocycles. The minimum atomic E-state index is 0.131. The Kier molecular flexibility index (Phi) is 4.20. The van der Waals surface area contributed by atoms with Gasteiger partial charge in [0.25, 0.3) is 0 Å². The molecule has 1 aromatic heterocycles. The molecule has 0 spiro atoms. The van der Waals surface area contributed by atoms with Crippen LogP contribution in [-0.2, 0) is 11.2 Å². The molecule has 1 amide bonds. The highest BCUT2D eigenvalue weighted by Crippen LogP contribution is 2.24. The van der Waals surface area contributed by atoms with Crippen molar-refractivity contribution in [2.45, 2.75) is 27.2 Å². The van der Waals surface area contributed by atoms with Crippen molar-refractivity contribution in [3.05, 3.63) is 65.4 Å². The molecule has 0 radical (unpaired) electrons. The highest BCUT2D eigenvalue weighted by Gasteiger charge is 2.18. The van der Waals surface area contributed by atoms with Gasteiger partial charge in [-0.3, -0.25) is 4.79 Å². The van der Waals surface area contributed by atoms with Gasteiger partial charge in [-0.25, -0.2) is 0 Å². The number of H-pyrrole nitrogens is 1. The summed E-state index contributed by atoms with van der Waals surface area (Å²) in [5, 5.41) is 1.12. The predicted octanol–water partition coefficient (Wildman–Crippen LogP) is 4.38. The van der Waals surface area contributed by atoms with E-state index in [-0.39, 0.29) is 5.91 Å². The molecule has 23 heavy (non-hydrogen) atoms. The Morgan fingerprint density at radius 2 is 1.91 bits per heavy atom. The quantitative estimate of drug-likeness (QED) is 0.763. The largest absolute Gasteiger partial charge is 0.361 e. The van der Waals surface area contributed by atoms with Crippen LogP contribution in [-0.4, -0.2) is 17.4 Å². The number of anilines is 1. The average Bonchev–Trinajstić information content (AvgIpc) is 2.95. The van der Waals surface area contributed by atoms with E-state index in [1.165, 1.54) is 5.56 Å². The van der Waals surface area contributed by atoms with Gasteiger partial charge in [-0.05, 0) is 49.6 Å². The standard InChI is InChI=1S/C20H22N2O/c1-4-22(19-11-14(2)9-10-15(19)3)20(23)12-16-13-21-18-8-6-5-7-17(16)18/h5-11,13,21H,4,12H2,1-3H3. The lowest BCUT2D eigenvalue weighted by molar-refractivity contribution is -0.117. The van der Waals surface area contributed by atoms with Crippen molar-refractivity contribution in [1.29, 1.82) is 0 Å². The number of rotatable bonds is 4. The van der Waals surface area contributed by atoms with Crippen LogP contribution in [0.15, 0.2) is 48.7 Å². The van der Waals surface area contributed by atoms with Crippen LogP contribution in [0.5, 0.6) is 0 Å². The number of nitrogens with one attached hydrogen (secondary N) is 1. The first kappa shape index (κ1) is 15.3. The predicted molar refractivity (Wildman–Crippen MR) is 95.9 cm³/mol. The molecule has 3 nitrogen and oxygen atoms in total. The fraction of sp³-hybridized carbons (Fsp3) is 0.250. The molecule has 3 rings (SSSR count). The number of fused-ring (bicyclic) bond motifs is 1. The summed E-state index contributed by atoms with van der Waals surface area (Å²) in [5.74, 6) is 0.131. The van der Waals surface area contributed by atoms with Gasteiger partial charge < -0.3 is 9.88 Å². The third kappa shape index (κ3) is 3.00. The van der Waals surface area contributed by atoms with E-state index in [1.54, 1.807) is 0 Å². The van der Waals surface area contributed by atoms with E-state index in [0.29, 0.717) is 13.0 Å². The van der Waals surface area contributed by atoms with Gasteiger partial charge in [0.05, 0.1) is 6.42 Å². The van der Waals surface area contributed by atoms with Gasteiger partial charge in [-0.1, -0.05) is 30.3 Å². The Morgan fingerprint density at radius 3 is 2.70 bits per heavy atom. The molecule has 0 aliphatic rings. The topological polar surface area (TPSA) is 36.1 Å². The van der Waals surface area contributed by atoms with Crippen molar-refractivity contribution >= 4 is 22.5 Å². The van der Waals surface area contributed by atoms with Crippen molar-refractivity contribution in [1.82, 2.24) is 4.98 Å². The highest BCUT2D eigenvalue weighted by molar-refractivity contribution is 5.98. The summed E-state index contributed by atoms with van der Waals surface area (Å²) in [4.78, 5) is 18.0. The zero-order valence-corrected chi connectivity index (χ0v) is 13.9. The van der Waals surface area contributed by atoms with Gasteiger partial charge in [0, 0.05) is 29.3 Å². The fourth-order valence-corrected chi connectivity index (χ4v) is 3.03. The summed E-state index contributed by atoms with van der Waals surface area (Å²) in [6.45, 7) is 6.80. The number of amides is 1. The maximum Gasteiger partial charge on any atom is 0.231 e. The minimum Gasteiger partial charge on any atom is -0.361 e. The number of benzene rings is 2. The lowest BCUT2D eigenvalue weighted by Gasteiger charge is -2.23. The Bertz CT molecular complexity index is 848. The number of para-hydroxylation sites is 1. The molecule has 0 atom stereocenters. The first-order valence-electron chi connectivity index (χ1n) is 8.02. The smallest absolute Gasteiger partial charge is 0.231 e. The maximum absolute atomic E-state index is 12.9. The second-order valence-corrected chi connectivity index (χ2v) is 5.96. The Morgan fingerprint density at radius 1 is 1.13 bits per heavy atom. The zero-order chi connectivity index (χ0) is 16.4. The molecule has 0 unspecified atom stereocenters. The first-order chi connectivity index (χ1) is 11.1. The van der Waals surface area contributed by atoms with Crippen LogP contribution in [0.25, 0.3) is 10.9 Å². The van der Waals surface area contributed by atoms with Gasteiger partial charge in [-0.15, -0.1) is 0 Å². The summed E-state index contributed by atoms with van der Waals surface area (Å²) in [5.41, 5.74) is 5.44. The summed E-state index contributed by atoms with van der Waals surface area (Å²) >= 11 is 0. The number of aryl methyl sites for hydroxylation is 2. The molecule has 0 saturated heterocycles. The highest BCUT2D eigenvalue weighted by atomic mass is 16.2. The van der Waals surface area contributed by atoms with E-state index < -0.39 is 0 Å². The number of carbonyl (C=O) groups is 1. The lowest BCUT2D eigenvalue weighted by Crippen LogP contribution is -2.32. The summed E-state index contributed by atoms with van der Waals surface area (Å²) < 4.78 is 0. The summed E-state index contributed by atoms with van der Waals surface area (Å²) in [7, 11) is 0. The molecule has 3 aromatic rings. The van der Waals surface area contributed by atoms with Crippen LogP contribution in [0.4, 0.5) is 5.69 Å². The van der Waals surface area contributed by atoms with Crippen molar-refractivity contribution in [2.24, 2.45) is 0 Å². The SMILES string of the molecule is CCN(C(=O)Cc1c[nH]c2ccccc12)c1cc(C)ccc1C. The Hall–Kier alpha value is -2.55. The van der Waals surface area contributed by atoms with Crippen LogP contribution < -0.4 is 4.90 Å². The molecule has 0 aliphatic heterocycles. The monoisotopic (exact) mass is 306 g/mol. The summed E-state index contributed by atoms with van der Waals surface area (Å²) in [6, 6.07) is 14.3. The molecule has 0 bridgehead atoms. The minimum absolute atomic E-state index is 0.131. The van der Waals surface area contributed by atoms with E-state index in [9.17, 15) is 4.79 Å². The second kappa shape index (κ2) is 6.29. The van der Waals surface area contributed by atoms with Crippen molar-refractivity contribution < 1.29 is 4.79 Å². The molecule has 2 aromatic carbocycles. The fourth-order valence-electron chi connectivity index (χ4n) is 3.03. The van der Waals surface area contributed by atoms with Crippen LogP contribution in [0.1, 0.15) is 23.6 Å². The second-order valence-electron chi connectivity index (χ2n) is 5.96. The van der Waals surface area contributed by atoms with Crippen LogP contribution >= 0.6 is 0 Å². The van der Waals surface area contributed by atoms with Gasteiger partial charge in [0.15, 0.2) is 0 Å². The van der Waals surface area contributed by atoms with Crippen molar-refractivity contribution in [2.75, 3.05) is 11.4 Å². The molecule has 1 N–H and O–H groups in total. The lowest BCUT2D eigenvalue weighted by atomic mass is 10.1. The molecule has 118 valence electrons. The number of aromatic nitrogens is 1. The Balaban J connectivity index is 1.90. The summed E-state index contributed by atoms with van der Waals surface area (Å²) in [6.07, 6.45) is 2.35. The van der Waals surface area contributed by atoms with E-state index >= 15 is 0 Å². The molecule has 0 fully saturated rings. The van der Waals surface area contributed by atoms with Crippen LogP contribution in [0, 0.1) is 13.8 Å². The molecule has 3 heteroatoms. The number of likely N-dealkylation sites (N-methyl/N-ethyl adjacent to an activating group) is 1. The van der Waals surface area contributed by atoms with Crippen LogP contribution in [0.3, 0.4) is 0 Å². The number of hydrogen-bond donors (Lipinski definition) is 1. The third-order valence-electron chi connectivity index (χ3n) is 4.29. The normalized spacial score (nSPS) is 10.9.